The van der Waals surface area contributed by atoms with Crippen molar-refractivity contribution in [1.29, 1.82) is 0 Å². The van der Waals surface area contributed by atoms with Crippen LogP contribution < -0.4 is 0 Å². The molecule has 0 aromatic heterocycles. The maximum atomic E-state index is 12.8. The van der Waals surface area contributed by atoms with Crippen molar-refractivity contribution in [3.8, 4) is 0 Å². The first-order chi connectivity index (χ1) is 24.8. The zero-order chi connectivity index (χ0) is 37.4. The van der Waals surface area contributed by atoms with E-state index in [1.165, 1.54) is 95.5 Å². The predicted molar refractivity (Wildman–Crippen MR) is 215 cm³/mol. The number of hydrogen-bond donors (Lipinski definition) is 1. The van der Waals surface area contributed by atoms with E-state index in [0.29, 0.717) is 31.4 Å². The van der Waals surface area contributed by atoms with Crippen molar-refractivity contribution in [3.63, 3.8) is 0 Å². The van der Waals surface area contributed by atoms with Crippen LogP contribution in [0.15, 0.2) is 11.6 Å². The molecule has 1 aliphatic carbocycles. The second-order valence-corrected chi connectivity index (χ2v) is 16.0. The average molecular weight is 742 g/mol. The summed E-state index contributed by atoms with van der Waals surface area (Å²) in [5, 5.41) is 10.2. The number of hydrogen-bond acceptors (Lipinski definition) is 7. The van der Waals surface area contributed by atoms with E-state index in [1.807, 2.05) is 0 Å². The van der Waals surface area contributed by atoms with E-state index >= 15 is 0 Å². The normalized spacial score (nSPS) is 16.3. The van der Waals surface area contributed by atoms with Crippen molar-refractivity contribution < 1.29 is 23.7 Å². The van der Waals surface area contributed by atoms with Gasteiger partial charge in [-0.05, 0) is 97.1 Å². The third-order valence-electron chi connectivity index (χ3n) is 10.8. The molecule has 0 unspecified atom stereocenters. The molecule has 0 spiro atoms. The maximum Gasteiger partial charge on any atom is 0.324 e. The second-order valence-electron chi connectivity index (χ2n) is 15.8. The Bertz CT molecular complexity index is 843. The molecule has 0 aromatic carbocycles. The summed E-state index contributed by atoms with van der Waals surface area (Å²) >= 11 is 5.17. The highest BCUT2D eigenvalue weighted by atomic mass is 35.5. The number of unbranched alkanes of at least 4 members (excludes halogenated alkanes) is 14. The monoisotopic (exact) mass is 741 g/mol. The van der Waals surface area contributed by atoms with Gasteiger partial charge in [-0.3, -0.25) is 19.4 Å². The van der Waals surface area contributed by atoms with Gasteiger partial charge in [0.15, 0.2) is 0 Å². The first kappa shape index (κ1) is 47.9. The molecule has 0 atom stereocenters. The van der Waals surface area contributed by atoms with Gasteiger partial charge < -0.3 is 14.1 Å². The third kappa shape index (κ3) is 28.0. The SMILES string of the molecule is CCCCCCCCC(CCCCCCCC)COC(=O)CCCCCN(CCN(CC=C(C)C)CCCCCC(=O)OCl)C1CCC(O)CC1. The van der Waals surface area contributed by atoms with Crippen LogP contribution in [0.25, 0.3) is 0 Å². The number of aliphatic hydroxyl groups excluding tert-OH is 1. The van der Waals surface area contributed by atoms with Gasteiger partial charge in [-0.15, -0.1) is 0 Å². The summed E-state index contributed by atoms with van der Waals surface area (Å²) in [5.41, 5.74) is 1.33. The quantitative estimate of drug-likeness (QED) is 0.0400. The topological polar surface area (TPSA) is 79.3 Å². The number of nitrogens with zero attached hydrogens (tertiary/aromatic N) is 2. The number of carbonyl (C=O) groups excluding carboxylic acids is 2. The fourth-order valence-electron chi connectivity index (χ4n) is 7.38. The summed E-state index contributed by atoms with van der Waals surface area (Å²) < 4.78 is 10.2. The van der Waals surface area contributed by atoms with Gasteiger partial charge in [0.25, 0.3) is 0 Å². The minimum atomic E-state index is -0.352. The maximum absolute atomic E-state index is 12.8. The molecule has 0 amide bonds. The van der Waals surface area contributed by atoms with Crippen LogP contribution in [0.4, 0.5) is 0 Å². The van der Waals surface area contributed by atoms with Crippen LogP contribution in [0.3, 0.4) is 0 Å². The largest absolute Gasteiger partial charge is 0.465 e. The summed E-state index contributed by atoms with van der Waals surface area (Å²) in [6.07, 6.45) is 30.9. The van der Waals surface area contributed by atoms with Gasteiger partial charge in [-0.2, -0.15) is 0 Å². The fourth-order valence-corrected chi connectivity index (χ4v) is 7.46. The Hall–Kier alpha value is -1.15. The average Bonchev–Trinajstić information content (AvgIpc) is 3.12. The minimum absolute atomic E-state index is 0.0153. The van der Waals surface area contributed by atoms with Crippen LogP contribution in [0.2, 0.25) is 0 Å². The Balaban J connectivity index is 2.53. The molecular weight excluding hydrogens is 660 g/mol. The second kappa shape index (κ2) is 33.4. The zero-order valence-corrected chi connectivity index (χ0v) is 34.5. The summed E-state index contributed by atoms with van der Waals surface area (Å²) in [6, 6.07) is 0.514. The van der Waals surface area contributed by atoms with E-state index in [0.717, 1.165) is 96.9 Å². The summed E-state index contributed by atoms with van der Waals surface area (Å²) in [7, 11) is 0. The third-order valence-corrected chi connectivity index (χ3v) is 11.0. The fraction of sp³-hybridized carbons (Fsp3) is 0.907. The van der Waals surface area contributed by atoms with Crippen LogP contribution in [-0.4, -0.2) is 78.3 Å². The van der Waals surface area contributed by atoms with Crippen molar-refractivity contribution in [2.45, 2.75) is 207 Å². The van der Waals surface area contributed by atoms with E-state index in [4.69, 9.17) is 16.6 Å². The number of carbonyl (C=O) groups is 2. The molecular formula is C43H81ClN2O5. The van der Waals surface area contributed by atoms with E-state index < -0.39 is 0 Å². The molecule has 7 nitrogen and oxygen atoms in total. The molecule has 1 aliphatic rings. The Labute approximate surface area is 320 Å². The number of halogens is 1. The first-order valence-electron chi connectivity index (χ1n) is 21.5. The summed E-state index contributed by atoms with van der Waals surface area (Å²) in [5.74, 6) is 0.146. The van der Waals surface area contributed by atoms with Gasteiger partial charge in [-0.25, -0.2) is 0 Å². The lowest BCUT2D eigenvalue weighted by molar-refractivity contribution is -0.145. The van der Waals surface area contributed by atoms with Crippen LogP contribution in [0, 0.1) is 5.92 Å². The van der Waals surface area contributed by atoms with E-state index in [9.17, 15) is 14.7 Å². The molecule has 1 fully saturated rings. The highest BCUT2D eigenvalue weighted by molar-refractivity contribution is 6.13. The molecule has 0 bridgehead atoms. The van der Waals surface area contributed by atoms with Crippen LogP contribution in [0.1, 0.15) is 195 Å². The lowest BCUT2D eigenvalue weighted by Crippen LogP contribution is -2.44. The highest BCUT2D eigenvalue weighted by Crippen LogP contribution is 2.24. The van der Waals surface area contributed by atoms with Crippen LogP contribution >= 0.6 is 11.9 Å². The van der Waals surface area contributed by atoms with Crippen LogP contribution in [-0.2, 0) is 18.6 Å². The van der Waals surface area contributed by atoms with E-state index in [2.05, 4.69) is 47.9 Å². The van der Waals surface area contributed by atoms with Gasteiger partial charge >= 0.3 is 11.9 Å². The van der Waals surface area contributed by atoms with E-state index in [1.54, 1.807) is 0 Å². The zero-order valence-electron chi connectivity index (χ0n) is 33.8. The van der Waals surface area contributed by atoms with Crippen molar-refractivity contribution in [2.24, 2.45) is 5.92 Å². The Kier molecular flexibility index (Phi) is 31.4. The summed E-state index contributed by atoms with van der Waals surface area (Å²) in [6.45, 7) is 14.4. The molecule has 51 heavy (non-hydrogen) atoms. The molecule has 8 heteroatoms. The number of aliphatic hydroxyl groups is 1. The number of ether oxygens (including phenoxy) is 1. The standard InChI is InChI=1S/C43H81ClN2O5/c1-5-7-9-11-13-17-23-39(24-18-14-12-10-8-6-2)37-50-42(48)25-19-16-22-33-46(40-27-29-41(47)30-28-40)36-35-45(34-31-38(3)4)32-21-15-20-26-43(49)51-44/h31,39-41,47H,5-30,32-37H2,1-4H3. The Morgan fingerprint density at radius 3 is 1.78 bits per heavy atom. The predicted octanol–water partition coefficient (Wildman–Crippen LogP) is 11.3. The molecule has 0 aromatic rings. The van der Waals surface area contributed by atoms with Crippen LogP contribution in [0.5, 0.6) is 0 Å². The van der Waals surface area contributed by atoms with Crippen molar-refractivity contribution in [3.05, 3.63) is 11.6 Å². The van der Waals surface area contributed by atoms with Gasteiger partial charge in [0.2, 0.25) is 0 Å². The molecule has 0 saturated heterocycles. The van der Waals surface area contributed by atoms with Gasteiger partial charge in [0.05, 0.1) is 12.7 Å². The Morgan fingerprint density at radius 2 is 1.22 bits per heavy atom. The lowest BCUT2D eigenvalue weighted by atomic mass is 9.91. The molecule has 1 N–H and O–H groups in total. The molecule has 0 aliphatic heterocycles. The van der Waals surface area contributed by atoms with Gasteiger partial charge in [0.1, 0.15) is 11.9 Å². The summed E-state index contributed by atoms with van der Waals surface area (Å²) in [4.78, 5) is 29.3. The van der Waals surface area contributed by atoms with Crippen molar-refractivity contribution in [1.82, 2.24) is 9.80 Å². The first-order valence-corrected chi connectivity index (χ1v) is 21.8. The number of allylic oxidation sites excluding steroid dienone is 1. The number of esters is 1. The molecule has 1 saturated carbocycles. The van der Waals surface area contributed by atoms with E-state index in [-0.39, 0.29) is 18.0 Å². The molecule has 300 valence electrons. The molecule has 0 radical (unpaired) electrons. The molecule has 1 rings (SSSR count). The molecule has 0 heterocycles. The number of rotatable bonds is 34. The Morgan fingerprint density at radius 1 is 0.686 bits per heavy atom. The van der Waals surface area contributed by atoms with Crippen molar-refractivity contribution in [2.75, 3.05) is 39.3 Å². The lowest BCUT2D eigenvalue weighted by Gasteiger charge is -2.37. The van der Waals surface area contributed by atoms with Gasteiger partial charge in [0, 0.05) is 38.5 Å². The van der Waals surface area contributed by atoms with Crippen molar-refractivity contribution >= 4 is 23.8 Å². The minimum Gasteiger partial charge on any atom is -0.465 e. The highest BCUT2D eigenvalue weighted by Gasteiger charge is 2.25. The smallest absolute Gasteiger partial charge is 0.324 e. The van der Waals surface area contributed by atoms with Gasteiger partial charge in [-0.1, -0.05) is 115 Å².